The van der Waals surface area contributed by atoms with Crippen molar-refractivity contribution in [2.24, 2.45) is 0 Å². The highest BCUT2D eigenvalue weighted by atomic mass is 35.5. The summed E-state index contributed by atoms with van der Waals surface area (Å²) in [6.45, 7) is 4.79. The molecular weight excluding hydrogens is 686 g/mol. The Balaban J connectivity index is 1.06. The third-order valence-corrected chi connectivity index (χ3v) is 8.92. The molecule has 1 amide bonds. The lowest BCUT2D eigenvalue weighted by Gasteiger charge is -2.26. The number of carbonyl (C=O) groups is 1. The first kappa shape index (κ1) is 33.5. The number of rotatable bonds is 11. The van der Waals surface area contributed by atoms with Gasteiger partial charge in [-0.25, -0.2) is 13.9 Å². The number of morpholine rings is 1. The van der Waals surface area contributed by atoms with Crippen molar-refractivity contribution >= 4 is 51.3 Å². The van der Waals surface area contributed by atoms with Crippen LogP contribution in [0.25, 0.3) is 27.8 Å². The SMILES string of the molecule is COc1cc2c(Oc3ccc(NC(=O)c4cc(-c5ccc(Cl)c(Cl)c5)n5nccc5n4)cc3F)ccnc2cc1OCCCN1CCOCC1. The number of nitrogens with zero attached hydrogens (tertiary/aromatic N) is 5. The Bertz CT molecular complexity index is 2190. The number of benzene rings is 3. The van der Waals surface area contributed by atoms with Crippen LogP contribution in [0.2, 0.25) is 10.0 Å². The van der Waals surface area contributed by atoms with E-state index in [4.69, 9.17) is 42.1 Å². The lowest BCUT2D eigenvalue weighted by Crippen LogP contribution is -2.37. The second-order valence-electron chi connectivity index (χ2n) is 11.4. The molecule has 0 unspecified atom stereocenters. The standard InChI is InChI=1S/C36H31Cl2FN6O5/c1-47-33-19-24-28(21-34(33)49-14-2-11-44-12-15-48-16-13-44)40-9-7-31(24)50-32-6-4-23(18-27(32)39)42-36(46)29-20-30(45-35(43-29)8-10-41-45)22-3-5-25(37)26(38)17-22/h3-10,17-21H,2,11-16H2,1H3,(H,42,46). The summed E-state index contributed by atoms with van der Waals surface area (Å²) in [6.07, 6.45) is 4.00. The number of hydrogen-bond donors (Lipinski definition) is 1. The molecule has 1 saturated heterocycles. The van der Waals surface area contributed by atoms with Gasteiger partial charge in [-0.15, -0.1) is 0 Å². The fourth-order valence-electron chi connectivity index (χ4n) is 5.65. The molecule has 1 aliphatic rings. The Hall–Kier alpha value is -5.01. The van der Waals surface area contributed by atoms with Gasteiger partial charge in [-0.1, -0.05) is 29.3 Å². The highest BCUT2D eigenvalue weighted by Crippen LogP contribution is 2.38. The van der Waals surface area contributed by atoms with E-state index < -0.39 is 11.7 Å². The van der Waals surface area contributed by atoms with E-state index in [9.17, 15) is 4.79 Å². The van der Waals surface area contributed by atoms with Crippen LogP contribution in [0.4, 0.5) is 10.1 Å². The minimum absolute atomic E-state index is 0.0430. The molecule has 1 aliphatic heterocycles. The number of methoxy groups -OCH3 is 1. The first-order chi connectivity index (χ1) is 24.4. The van der Waals surface area contributed by atoms with Crippen LogP contribution in [-0.4, -0.2) is 77.0 Å². The van der Waals surface area contributed by atoms with Crippen molar-refractivity contribution in [3.05, 3.63) is 101 Å². The van der Waals surface area contributed by atoms with Gasteiger partial charge >= 0.3 is 0 Å². The zero-order valence-electron chi connectivity index (χ0n) is 26.9. The molecule has 4 heterocycles. The van der Waals surface area contributed by atoms with E-state index in [1.165, 1.54) is 12.1 Å². The Morgan fingerprint density at radius 3 is 2.60 bits per heavy atom. The molecule has 1 fully saturated rings. The summed E-state index contributed by atoms with van der Waals surface area (Å²) < 4.78 is 40.1. The Morgan fingerprint density at radius 2 is 1.80 bits per heavy atom. The van der Waals surface area contributed by atoms with Gasteiger partial charge in [-0.2, -0.15) is 5.10 Å². The van der Waals surface area contributed by atoms with Gasteiger partial charge < -0.3 is 24.3 Å². The molecule has 3 aromatic heterocycles. The normalized spacial score (nSPS) is 13.4. The monoisotopic (exact) mass is 716 g/mol. The highest BCUT2D eigenvalue weighted by molar-refractivity contribution is 6.42. The number of fused-ring (bicyclic) bond motifs is 2. The molecule has 1 N–H and O–H groups in total. The fraction of sp³-hybridized carbons (Fsp3) is 0.222. The lowest BCUT2D eigenvalue weighted by atomic mass is 10.1. The second-order valence-corrected chi connectivity index (χ2v) is 12.3. The predicted molar refractivity (Wildman–Crippen MR) is 189 cm³/mol. The Kier molecular flexibility index (Phi) is 9.95. The van der Waals surface area contributed by atoms with Gasteiger partial charge in [0.25, 0.3) is 5.91 Å². The van der Waals surface area contributed by atoms with Gasteiger partial charge in [0.1, 0.15) is 11.4 Å². The van der Waals surface area contributed by atoms with E-state index in [2.05, 4.69) is 25.3 Å². The maximum Gasteiger partial charge on any atom is 0.274 e. The average Bonchev–Trinajstić information content (AvgIpc) is 3.61. The van der Waals surface area contributed by atoms with Crippen molar-refractivity contribution in [2.45, 2.75) is 6.42 Å². The first-order valence-electron chi connectivity index (χ1n) is 15.8. The second kappa shape index (κ2) is 14.9. The maximum atomic E-state index is 15.4. The van der Waals surface area contributed by atoms with Crippen molar-refractivity contribution in [3.8, 4) is 34.3 Å². The van der Waals surface area contributed by atoms with Crippen LogP contribution in [0.1, 0.15) is 16.9 Å². The molecule has 0 radical (unpaired) electrons. The zero-order chi connectivity index (χ0) is 34.6. The van der Waals surface area contributed by atoms with Crippen molar-refractivity contribution in [2.75, 3.05) is 51.9 Å². The minimum Gasteiger partial charge on any atom is -0.493 e. The molecule has 6 aromatic rings. The maximum absolute atomic E-state index is 15.4. The number of hydrogen-bond acceptors (Lipinski definition) is 9. The summed E-state index contributed by atoms with van der Waals surface area (Å²) >= 11 is 12.3. The van der Waals surface area contributed by atoms with E-state index in [1.54, 1.807) is 78.6 Å². The number of halogens is 3. The van der Waals surface area contributed by atoms with E-state index in [0.717, 1.165) is 39.3 Å². The van der Waals surface area contributed by atoms with Crippen LogP contribution in [0.5, 0.6) is 23.0 Å². The fourth-order valence-corrected chi connectivity index (χ4v) is 5.95. The number of amides is 1. The van der Waals surface area contributed by atoms with Gasteiger partial charge in [0.05, 0.1) is 54.4 Å². The van der Waals surface area contributed by atoms with Gasteiger partial charge in [-0.3, -0.25) is 14.7 Å². The molecule has 50 heavy (non-hydrogen) atoms. The van der Waals surface area contributed by atoms with E-state index >= 15 is 4.39 Å². The summed E-state index contributed by atoms with van der Waals surface area (Å²) in [4.78, 5) is 24.6. The van der Waals surface area contributed by atoms with Crippen LogP contribution in [0, 0.1) is 5.82 Å². The van der Waals surface area contributed by atoms with E-state index in [0.29, 0.717) is 61.7 Å². The van der Waals surface area contributed by atoms with Crippen molar-refractivity contribution in [1.29, 1.82) is 0 Å². The van der Waals surface area contributed by atoms with Crippen LogP contribution in [-0.2, 0) is 4.74 Å². The minimum atomic E-state index is -0.685. The molecule has 7 rings (SSSR count). The molecule has 11 nitrogen and oxygen atoms in total. The topological polar surface area (TPSA) is 112 Å². The van der Waals surface area contributed by atoms with Crippen LogP contribution in [0.15, 0.2) is 79.1 Å². The number of carbonyl (C=O) groups excluding carboxylic acids is 1. The van der Waals surface area contributed by atoms with Gasteiger partial charge in [-0.05, 0) is 48.9 Å². The molecule has 256 valence electrons. The highest BCUT2D eigenvalue weighted by Gasteiger charge is 2.18. The largest absolute Gasteiger partial charge is 0.493 e. The van der Waals surface area contributed by atoms with Crippen molar-refractivity contribution < 1.29 is 28.1 Å². The molecular formula is C36H31Cl2FN6O5. The quantitative estimate of drug-likeness (QED) is 0.136. The number of ether oxygens (including phenoxy) is 4. The summed E-state index contributed by atoms with van der Waals surface area (Å²) in [5.41, 5.74) is 2.60. The van der Waals surface area contributed by atoms with Crippen molar-refractivity contribution in [3.63, 3.8) is 0 Å². The third-order valence-electron chi connectivity index (χ3n) is 8.18. The lowest BCUT2D eigenvalue weighted by molar-refractivity contribution is 0.0357. The summed E-state index contributed by atoms with van der Waals surface area (Å²) in [5, 5.41) is 8.39. The number of anilines is 1. The molecule has 3 aromatic carbocycles. The molecule has 0 saturated carbocycles. The van der Waals surface area contributed by atoms with Gasteiger partial charge in [0, 0.05) is 60.7 Å². The van der Waals surface area contributed by atoms with Crippen molar-refractivity contribution in [1.82, 2.24) is 24.5 Å². The van der Waals surface area contributed by atoms with Gasteiger partial charge in [0.15, 0.2) is 28.7 Å². The Morgan fingerprint density at radius 1 is 0.940 bits per heavy atom. The molecule has 0 atom stereocenters. The predicted octanol–water partition coefficient (Wildman–Crippen LogP) is 7.54. The van der Waals surface area contributed by atoms with E-state index in [1.807, 2.05) is 0 Å². The third kappa shape index (κ3) is 7.29. The summed E-state index contributed by atoms with van der Waals surface area (Å²) in [5.74, 6) is 0.161. The number of nitrogens with one attached hydrogen (secondary N) is 1. The number of aromatic nitrogens is 4. The summed E-state index contributed by atoms with van der Waals surface area (Å²) in [6, 6.07) is 17.7. The summed E-state index contributed by atoms with van der Waals surface area (Å²) in [7, 11) is 1.56. The van der Waals surface area contributed by atoms with E-state index in [-0.39, 0.29) is 17.1 Å². The Labute approximate surface area is 296 Å². The number of pyridine rings is 1. The average molecular weight is 718 g/mol. The molecule has 0 spiro atoms. The zero-order valence-corrected chi connectivity index (χ0v) is 28.4. The van der Waals surface area contributed by atoms with Crippen LogP contribution >= 0.6 is 23.2 Å². The molecule has 0 aliphatic carbocycles. The molecule has 0 bridgehead atoms. The molecule has 14 heteroatoms. The van der Waals surface area contributed by atoms with Crippen LogP contribution < -0.4 is 19.5 Å². The first-order valence-corrected chi connectivity index (χ1v) is 16.6. The smallest absolute Gasteiger partial charge is 0.274 e. The van der Waals surface area contributed by atoms with Gasteiger partial charge in [0.2, 0.25) is 0 Å². The van der Waals surface area contributed by atoms with Crippen LogP contribution in [0.3, 0.4) is 0 Å².